The van der Waals surface area contributed by atoms with Gasteiger partial charge in [0.25, 0.3) is 0 Å². The second-order valence-electron chi connectivity index (χ2n) is 5.01. The molecule has 0 aromatic carbocycles. The Kier molecular flexibility index (Phi) is 2.95. The molecule has 4 heterocycles. The number of piperazine rings is 1. The number of hydrogen-bond acceptors (Lipinski definition) is 7. The maximum Gasteiger partial charge on any atom is 0.205 e. The van der Waals surface area contributed by atoms with Crippen LogP contribution in [0.2, 0.25) is 0 Å². The van der Waals surface area contributed by atoms with Gasteiger partial charge in [0.2, 0.25) is 5.13 Å². The van der Waals surface area contributed by atoms with E-state index in [2.05, 4.69) is 29.1 Å². The van der Waals surface area contributed by atoms with Gasteiger partial charge in [0.1, 0.15) is 5.82 Å². The highest BCUT2D eigenvalue weighted by molar-refractivity contribution is 7.09. The normalized spacial score (nSPS) is 15.9. The summed E-state index contributed by atoms with van der Waals surface area (Å²) in [6.45, 7) is 5.62. The molecule has 1 aliphatic heterocycles. The first-order valence-electron chi connectivity index (χ1n) is 6.89. The molecule has 21 heavy (non-hydrogen) atoms. The Morgan fingerprint density at radius 1 is 1.00 bits per heavy atom. The number of nitrogens with zero attached hydrogens (tertiary/aromatic N) is 7. The summed E-state index contributed by atoms with van der Waals surface area (Å²) in [4.78, 5) is 17.9. The molecule has 8 heteroatoms. The summed E-state index contributed by atoms with van der Waals surface area (Å²) >= 11 is 1.47. The highest BCUT2D eigenvalue weighted by Gasteiger charge is 2.22. The van der Waals surface area contributed by atoms with Crippen LogP contribution in [-0.4, -0.2) is 49.9 Å². The first kappa shape index (κ1) is 12.5. The molecule has 3 aromatic heterocycles. The number of fused-ring (bicyclic) bond motifs is 1. The number of anilines is 2. The molecule has 0 aliphatic carbocycles. The SMILES string of the molecule is Cc1nsc(N2CCN(c3nccn4ccnc34)CC2)n1. The number of hydrogen-bond donors (Lipinski definition) is 0. The summed E-state index contributed by atoms with van der Waals surface area (Å²) < 4.78 is 6.26. The van der Waals surface area contributed by atoms with Crippen molar-refractivity contribution in [3.8, 4) is 0 Å². The Balaban J connectivity index is 1.53. The molecule has 0 spiro atoms. The van der Waals surface area contributed by atoms with Gasteiger partial charge in [-0.05, 0) is 6.92 Å². The van der Waals surface area contributed by atoms with Crippen molar-refractivity contribution in [2.45, 2.75) is 6.92 Å². The van der Waals surface area contributed by atoms with Gasteiger partial charge in [-0.1, -0.05) is 0 Å². The molecule has 0 saturated carbocycles. The molecule has 0 amide bonds. The lowest BCUT2D eigenvalue weighted by molar-refractivity contribution is 0.646. The van der Waals surface area contributed by atoms with E-state index in [9.17, 15) is 0 Å². The zero-order valence-corrected chi connectivity index (χ0v) is 12.5. The molecule has 1 fully saturated rings. The molecule has 0 radical (unpaired) electrons. The quantitative estimate of drug-likeness (QED) is 0.709. The maximum atomic E-state index is 4.50. The third kappa shape index (κ3) is 2.21. The Hall–Kier alpha value is -2.22. The monoisotopic (exact) mass is 301 g/mol. The number of imidazole rings is 1. The third-order valence-corrected chi connectivity index (χ3v) is 4.53. The van der Waals surface area contributed by atoms with Crippen LogP contribution >= 0.6 is 11.5 Å². The Morgan fingerprint density at radius 2 is 1.71 bits per heavy atom. The highest BCUT2D eigenvalue weighted by atomic mass is 32.1. The van der Waals surface area contributed by atoms with Crippen LogP contribution in [0.1, 0.15) is 5.82 Å². The number of aryl methyl sites for hydroxylation is 1. The molecule has 4 rings (SSSR count). The minimum absolute atomic E-state index is 0.848. The molecular formula is C13H15N7S. The van der Waals surface area contributed by atoms with Crippen molar-refractivity contribution in [1.82, 2.24) is 23.7 Å². The van der Waals surface area contributed by atoms with E-state index < -0.39 is 0 Å². The maximum absolute atomic E-state index is 4.50. The van der Waals surface area contributed by atoms with E-state index >= 15 is 0 Å². The summed E-state index contributed by atoms with van der Waals surface area (Å²) in [5.41, 5.74) is 0.915. The lowest BCUT2D eigenvalue weighted by atomic mass is 10.3. The first-order valence-corrected chi connectivity index (χ1v) is 7.66. The van der Waals surface area contributed by atoms with Crippen molar-refractivity contribution in [3.63, 3.8) is 0 Å². The second-order valence-corrected chi connectivity index (χ2v) is 5.74. The molecule has 1 aliphatic rings. The lowest BCUT2D eigenvalue weighted by Crippen LogP contribution is -2.47. The summed E-state index contributed by atoms with van der Waals surface area (Å²) in [5.74, 6) is 1.80. The van der Waals surface area contributed by atoms with Crippen molar-refractivity contribution in [1.29, 1.82) is 0 Å². The molecule has 108 valence electrons. The predicted octanol–water partition coefficient (Wildman–Crippen LogP) is 1.22. The summed E-state index contributed by atoms with van der Waals surface area (Å²) in [6, 6.07) is 0. The van der Waals surface area contributed by atoms with E-state index in [0.717, 1.165) is 48.6 Å². The van der Waals surface area contributed by atoms with Gasteiger partial charge in [0.05, 0.1) is 0 Å². The van der Waals surface area contributed by atoms with Crippen molar-refractivity contribution < 1.29 is 0 Å². The predicted molar refractivity (Wildman–Crippen MR) is 82.1 cm³/mol. The molecule has 0 unspecified atom stereocenters. The van der Waals surface area contributed by atoms with Gasteiger partial charge in [-0.2, -0.15) is 4.37 Å². The molecule has 0 N–H and O–H groups in total. The van der Waals surface area contributed by atoms with Gasteiger partial charge >= 0.3 is 0 Å². The fourth-order valence-corrected chi connectivity index (χ4v) is 3.31. The van der Waals surface area contributed by atoms with Crippen LogP contribution in [0.3, 0.4) is 0 Å². The van der Waals surface area contributed by atoms with E-state index in [4.69, 9.17) is 0 Å². The Morgan fingerprint density at radius 3 is 2.43 bits per heavy atom. The Labute approximate surface area is 126 Å². The van der Waals surface area contributed by atoms with Crippen molar-refractivity contribution >= 4 is 28.1 Å². The van der Waals surface area contributed by atoms with Crippen LogP contribution in [0, 0.1) is 6.92 Å². The van der Waals surface area contributed by atoms with Gasteiger partial charge in [0, 0.05) is 62.5 Å². The van der Waals surface area contributed by atoms with Gasteiger partial charge < -0.3 is 14.2 Å². The van der Waals surface area contributed by atoms with E-state index in [1.54, 1.807) is 6.20 Å². The van der Waals surface area contributed by atoms with Crippen LogP contribution in [0.15, 0.2) is 24.8 Å². The average molecular weight is 301 g/mol. The molecule has 0 atom stereocenters. The zero-order chi connectivity index (χ0) is 14.2. The number of rotatable bonds is 2. The van der Waals surface area contributed by atoms with Crippen LogP contribution in [0.4, 0.5) is 10.9 Å². The summed E-state index contributed by atoms with van der Waals surface area (Å²) in [6.07, 6.45) is 7.50. The standard InChI is InChI=1S/C13H15N7S/c1-10-16-13(21-17-10)20-8-6-19(7-9-20)12-11-14-2-4-18(11)5-3-15-12/h2-5H,6-9H2,1H3. The first-order chi connectivity index (χ1) is 10.3. The summed E-state index contributed by atoms with van der Waals surface area (Å²) in [7, 11) is 0. The van der Waals surface area contributed by atoms with Crippen LogP contribution < -0.4 is 9.80 Å². The average Bonchev–Trinajstić information content (AvgIpc) is 3.15. The second kappa shape index (κ2) is 4.96. The van der Waals surface area contributed by atoms with E-state index in [1.165, 1.54) is 11.5 Å². The highest BCUT2D eigenvalue weighted by Crippen LogP contribution is 2.22. The fraction of sp³-hybridized carbons (Fsp3) is 0.385. The van der Waals surface area contributed by atoms with Crippen LogP contribution in [-0.2, 0) is 0 Å². The minimum atomic E-state index is 0.848. The van der Waals surface area contributed by atoms with Crippen molar-refractivity contribution in [2.24, 2.45) is 0 Å². The van der Waals surface area contributed by atoms with Gasteiger partial charge in [-0.25, -0.2) is 15.0 Å². The van der Waals surface area contributed by atoms with Gasteiger partial charge in [0.15, 0.2) is 11.5 Å². The van der Waals surface area contributed by atoms with Crippen molar-refractivity contribution in [3.05, 3.63) is 30.6 Å². The Bertz CT molecular complexity index is 757. The van der Waals surface area contributed by atoms with Crippen molar-refractivity contribution in [2.75, 3.05) is 36.0 Å². The van der Waals surface area contributed by atoms with E-state index in [1.807, 2.05) is 29.9 Å². The number of aromatic nitrogens is 5. The minimum Gasteiger partial charge on any atom is -0.350 e. The van der Waals surface area contributed by atoms with Gasteiger partial charge in [-0.15, -0.1) is 0 Å². The van der Waals surface area contributed by atoms with Crippen LogP contribution in [0.5, 0.6) is 0 Å². The topological polar surface area (TPSA) is 62.5 Å². The molecule has 3 aromatic rings. The largest absolute Gasteiger partial charge is 0.350 e. The third-order valence-electron chi connectivity index (χ3n) is 3.66. The van der Waals surface area contributed by atoms with Crippen LogP contribution in [0.25, 0.3) is 5.65 Å². The molecule has 0 bridgehead atoms. The fourth-order valence-electron chi connectivity index (χ4n) is 2.59. The van der Waals surface area contributed by atoms with E-state index in [0.29, 0.717) is 0 Å². The van der Waals surface area contributed by atoms with Gasteiger partial charge in [-0.3, -0.25) is 0 Å². The van der Waals surface area contributed by atoms with E-state index in [-0.39, 0.29) is 0 Å². The summed E-state index contributed by atoms with van der Waals surface area (Å²) in [5, 5.41) is 1.01. The lowest BCUT2D eigenvalue weighted by Gasteiger charge is -2.34. The molecule has 1 saturated heterocycles. The zero-order valence-electron chi connectivity index (χ0n) is 11.7. The molecule has 7 nitrogen and oxygen atoms in total. The smallest absolute Gasteiger partial charge is 0.205 e. The molecular weight excluding hydrogens is 286 g/mol.